The van der Waals surface area contributed by atoms with Gasteiger partial charge in [-0.05, 0) is 12.1 Å². The van der Waals surface area contributed by atoms with Crippen LogP contribution in [0.1, 0.15) is 45.0 Å². The molecule has 0 aromatic heterocycles. The fraction of sp³-hybridized carbons (Fsp3) is 0.478. The molecule has 1 aliphatic rings. The molecule has 1 aliphatic heterocycles. The summed E-state index contributed by atoms with van der Waals surface area (Å²) in [7, 11) is 0. The van der Waals surface area contributed by atoms with Crippen LogP contribution >= 0.6 is 0 Å². The lowest BCUT2D eigenvalue weighted by Crippen LogP contribution is -2.68. The zero-order valence-corrected chi connectivity index (χ0v) is 19.9. The zero-order valence-electron chi connectivity index (χ0n) is 19.9. The molecule has 0 saturated carbocycles. The maximum atomic E-state index is 13.4. The Morgan fingerprint density at radius 1 is 0.771 bits per heavy atom. The largest absolute Gasteiger partial charge is 0.463 e. The van der Waals surface area contributed by atoms with Crippen molar-refractivity contribution < 1.29 is 52.5 Å². The second-order valence-electron chi connectivity index (χ2n) is 7.65. The first-order chi connectivity index (χ1) is 16.4. The van der Waals surface area contributed by atoms with Crippen molar-refractivity contribution in [1.82, 2.24) is 4.90 Å². The van der Waals surface area contributed by atoms with Gasteiger partial charge in [-0.15, -0.1) is 0 Å². The summed E-state index contributed by atoms with van der Waals surface area (Å²) < 4.78 is 26.7. The van der Waals surface area contributed by atoms with Crippen molar-refractivity contribution in [2.45, 2.75) is 65.3 Å². The van der Waals surface area contributed by atoms with Crippen LogP contribution in [-0.4, -0.2) is 77.8 Å². The predicted octanol–water partition coefficient (Wildman–Crippen LogP) is 0.758. The van der Waals surface area contributed by atoms with Gasteiger partial charge >= 0.3 is 23.9 Å². The van der Waals surface area contributed by atoms with Crippen LogP contribution in [0.5, 0.6) is 0 Å². The van der Waals surface area contributed by atoms with E-state index >= 15 is 0 Å². The lowest BCUT2D eigenvalue weighted by atomic mass is 9.94. The molecule has 1 saturated heterocycles. The minimum Gasteiger partial charge on any atom is -0.463 e. The van der Waals surface area contributed by atoms with Crippen molar-refractivity contribution in [2.24, 2.45) is 0 Å². The van der Waals surface area contributed by atoms with Crippen molar-refractivity contribution in [3.05, 3.63) is 35.9 Å². The average Bonchev–Trinajstić information content (AvgIpc) is 2.75. The van der Waals surface area contributed by atoms with Crippen LogP contribution in [0.25, 0.3) is 0 Å². The lowest BCUT2D eigenvalue weighted by molar-refractivity contribution is -0.280. The molecule has 0 N–H and O–H groups in total. The Bertz CT molecular complexity index is 977. The standard InChI is InChI=1S/C23H27NO11/c1-12(25)24(22(30)17-9-7-6-8-10-17)19-21(33-15(4)28)20(32-14(3)27)18(11-31-13(2)26)35-23(19)34-16(5)29/h6-10,18-21,23H,11H2,1-5H3/t18-,19-,20-,21-,23+/m1/s1. The third-order valence-electron chi connectivity index (χ3n) is 4.83. The number of hydrogen-bond donors (Lipinski definition) is 0. The third-order valence-corrected chi connectivity index (χ3v) is 4.83. The molecule has 12 heteroatoms. The molecule has 190 valence electrons. The van der Waals surface area contributed by atoms with E-state index in [1.165, 1.54) is 12.1 Å². The molecule has 12 nitrogen and oxygen atoms in total. The van der Waals surface area contributed by atoms with E-state index in [4.69, 9.17) is 23.7 Å². The Morgan fingerprint density at radius 2 is 1.31 bits per heavy atom. The van der Waals surface area contributed by atoms with E-state index in [0.717, 1.165) is 39.5 Å². The number of rotatable bonds is 7. The lowest BCUT2D eigenvalue weighted by Gasteiger charge is -2.47. The van der Waals surface area contributed by atoms with E-state index in [1.54, 1.807) is 18.2 Å². The summed E-state index contributed by atoms with van der Waals surface area (Å²) in [5.74, 6) is -4.77. The van der Waals surface area contributed by atoms with E-state index < -0.39 is 72.9 Å². The fourth-order valence-corrected chi connectivity index (χ4v) is 3.63. The molecular formula is C23H27NO11. The number of amides is 2. The van der Waals surface area contributed by atoms with Crippen LogP contribution in [0.3, 0.4) is 0 Å². The quantitative estimate of drug-likeness (QED) is 0.391. The normalized spacial score (nSPS) is 23.4. The molecule has 0 bridgehead atoms. The highest BCUT2D eigenvalue weighted by Crippen LogP contribution is 2.32. The molecule has 0 spiro atoms. The summed E-state index contributed by atoms with van der Waals surface area (Å²) in [5, 5.41) is 0. The third kappa shape index (κ3) is 7.34. The number of carbonyl (C=O) groups excluding carboxylic acids is 6. The second kappa shape index (κ2) is 12.1. The molecule has 1 fully saturated rings. The number of hydrogen-bond acceptors (Lipinski definition) is 11. The Labute approximate surface area is 201 Å². The highest BCUT2D eigenvalue weighted by Gasteiger charge is 2.55. The van der Waals surface area contributed by atoms with Gasteiger partial charge in [-0.3, -0.25) is 33.7 Å². The van der Waals surface area contributed by atoms with Gasteiger partial charge in [0.15, 0.2) is 12.2 Å². The Morgan fingerprint density at radius 3 is 1.80 bits per heavy atom. The second-order valence-corrected chi connectivity index (χ2v) is 7.65. The van der Waals surface area contributed by atoms with Gasteiger partial charge in [0.1, 0.15) is 18.8 Å². The number of benzene rings is 1. The maximum absolute atomic E-state index is 13.4. The molecule has 1 aromatic rings. The van der Waals surface area contributed by atoms with E-state index in [2.05, 4.69) is 0 Å². The molecule has 0 aliphatic carbocycles. The summed E-state index contributed by atoms with van der Waals surface area (Å²) in [5.41, 5.74) is 0.108. The van der Waals surface area contributed by atoms with Crippen LogP contribution in [0.4, 0.5) is 0 Å². The summed E-state index contributed by atoms with van der Waals surface area (Å²) in [6, 6.07) is 6.18. The summed E-state index contributed by atoms with van der Waals surface area (Å²) >= 11 is 0. The molecule has 0 radical (unpaired) electrons. The van der Waals surface area contributed by atoms with E-state index in [0.29, 0.717) is 0 Å². The molecule has 35 heavy (non-hydrogen) atoms. The first kappa shape index (κ1) is 27.4. The smallest absolute Gasteiger partial charge is 0.305 e. The summed E-state index contributed by atoms with van der Waals surface area (Å²) in [4.78, 5) is 74.0. The van der Waals surface area contributed by atoms with Crippen molar-refractivity contribution in [1.29, 1.82) is 0 Å². The van der Waals surface area contributed by atoms with Crippen LogP contribution < -0.4 is 0 Å². The van der Waals surface area contributed by atoms with Gasteiger partial charge in [0.25, 0.3) is 5.91 Å². The Balaban J connectivity index is 2.66. The Kier molecular flexibility index (Phi) is 9.46. The monoisotopic (exact) mass is 493 g/mol. The van der Waals surface area contributed by atoms with Gasteiger partial charge in [0.2, 0.25) is 12.2 Å². The number of imide groups is 1. The minimum absolute atomic E-state index is 0.108. The molecule has 0 unspecified atom stereocenters. The zero-order chi connectivity index (χ0) is 26.3. The number of ether oxygens (including phenoxy) is 5. The maximum Gasteiger partial charge on any atom is 0.305 e. The van der Waals surface area contributed by atoms with Crippen LogP contribution in [0, 0.1) is 0 Å². The minimum atomic E-state index is -1.65. The van der Waals surface area contributed by atoms with Crippen LogP contribution in [-0.2, 0) is 47.7 Å². The average molecular weight is 493 g/mol. The molecule has 1 heterocycles. The molecule has 2 rings (SSSR count). The summed E-state index contributed by atoms with van der Waals surface area (Å²) in [6.45, 7) is 4.97. The van der Waals surface area contributed by atoms with Gasteiger partial charge in [0, 0.05) is 40.2 Å². The van der Waals surface area contributed by atoms with Gasteiger partial charge in [-0.2, -0.15) is 0 Å². The molecule has 1 aromatic carbocycles. The molecular weight excluding hydrogens is 466 g/mol. The van der Waals surface area contributed by atoms with Gasteiger partial charge < -0.3 is 23.7 Å². The van der Waals surface area contributed by atoms with E-state index in [9.17, 15) is 28.8 Å². The van der Waals surface area contributed by atoms with Crippen molar-refractivity contribution in [2.75, 3.05) is 6.61 Å². The predicted molar refractivity (Wildman–Crippen MR) is 115 cm³/mol. The van der Waals surface area contributed by atoms with Crippen LogP contribution in [0.2, 0.25) is 0 Å². The number of esters is 4. The highest BCUT2D eigenvalue weighted by molar-refractivity contribution is 6.04. The number of nitrogens with zero attached hydrogens (tertiary/aromatic N) is 1. The van der Waals surface area contributed by atoms with Gasteiger partial charge in [-0.1, -0.05) is 18.2 Å². The van der Waals surface area contributed by atoms with Gasteiger partial charge in [-0.25, -0.2) is 0 Å². The first-order valence-corrected chi connectivity index (χ1v) is 10.6. The molecule has 5 atom stereocenters. The van der Waals surface area contributed by atoms with Crippen LogP contribution in [0.15, 0.2) is 30.3 Å². The topological polar surface area (TPSA) is 152 Å². The van der Waals surface area contributed by atoms with E-state index in [1.807, 2.05) is 0 Å². The number of carbonyl (C=O) groups is 6. The van der Waals surface area contributed by atoms with Crippen molar-refractivity contribution in [3.8, 4) is 0 Å². The SMILES string of the molecule is CC(=O)OC[C@H]1O[C@H](OC(C)=O)[C@H](N(C(C)=O)C(=O)c2ccccc2)[C@@H](OC(C)=O)[C@@H]1OC(C)=O. The first-order valence-electron chi connectivity index (χ1n) is 10.6. The Hall–Kier alpha value is -3.80. The fourth-order valence-electron chi connectivity index (χ4n) is 3.63. The van der Waals surface area contributed by atoms with Crippen molar-refractivity contribution in [3.63, 3.8) is 0 Å². The molecule has 2 amide bonds. The van der Waals surface area contributed by atoms with Gasteiger partial charge in [0.05, 0.1) is 0 Å². The van der Waals surface area contributed by atoms with Crippen molar-refractivity contribution >= 4 is 35.7 Å². The highest BCUT2D eigenvalue weighted by atomic mass is 16.7. The summed E-state index contributed by atoms with van der Waals surface area (Å²) in [6.07, 6.45) is -5.89. The van der Waals surface area contributed by atoms with E-state index in [-0.39, 0.29) is 5.56 Å².